The molecule has 6 heteroatoms. The van der Waals surface area contributed by atoms with E-state index in [0.29, 0.717) is 34.7 Å². The number of ether oxygens (including phenoxy) is 1. The molecule has 24 heavy (non-hydrogen) atoms. The van der Waals surface area contributed by atoms with E-state index >= 15 is 0 Å². The van der Waals surface area contributed by atoms with Crippen LogP contribution in [0.2, 0.25) is 5.02 Å². The van der Waals surface area contributed by atoms with Crippen LogP contribution in [0.5, 0.6) is 0 Å². The standard InChI is InChI=1S/C18H21ClN2O3/c1-3-21-10-8-18(9-11-21)15(12(2)17(23)24-18)16(22)20-14-6-4-13(19)5-7-14/h4-7H,3,8-11H2,1-2H3,(H,20,22). The van der Waals surface area contributed by atoms with Gasteiger partial charge < -0.3 is 15.0 Å². The number of nitrogens with zero attached hydrogens (tertiary/aromatic N) is 1. The van der Waals surface area contributed by atoms with Crippen molar-refractivity contribution in [2.24, 2.45) is 0 Å². The zero-order valence-corrected chi connectivity index (χ0v) is 14.7. The zero-order valence-electron chi connectivity index (χ0n) is 13.9. The molecule has 2 heterocycles. The number of piperidine rings is 1. The maximum Gasteiger partial charge on any atom is 0.335 e. The van der Waals surface area contributed by atoms with Gasteiger partial charge in [0.25, 0.3) is 5.91 Å². The number of benzene rings is 1. The van der Waals surface area contributed by atoms with Gasteiger partial charge in [0.2, 0.25) is 0 Å². The Hall–Kier alpha value is -1.85. The molecule has 1 spiro atoms. The molecule has 0 saturated carbocycles. The fourth-order valence-corrected chi connectivity index (χ4v) is 3.56. The normalized spacial score (nSPS) is 20.4. The summed E-state index contributed by atoms with van der Waals surface area (Å²) in [5.41, 5.74) is 0.735. The van der Waals surface area contributed by atoms with E-state index in [9.17, 15) is 9.59 Å². The lowest BCUT2D eigenvalue weighted by Gasteiger charge is -2.38. The summed E-state index contributed by atoms with van der Waals surface area (Å²) in [7, 11) is 0. The van der Waals surface area contributed by atoms with Crippen LogP contribution in [0.15, 0.2) is 35.4 Å². The smallest absolute Gasteiger partial charge is 0.335 e. The summed E-state index contributed by atoms with van der Waals surface area (Å²) in [6, 6.07) is 6.90. The molecule has 1 saturated heterocycles. The summed E-state index contributed by atoms with van der Waals surface area (Å²) in [5, 5.41) is 3.46. The minimum Gasteiger partial charge on any atom is -0.450 e. The van der Waals surface area contributed by atoms with E-state index in [2.05, 4.69) is 17.1 Å². The molecule has 0 bridgehead atoms. The van der Waals surface area contributed by atoms with Gasteiger partial charge in [-0.15, -0.1) is 0 Å². The third-order valence-electron chi connectivity index (χ3n) is 4.86. The molecule has 1 amide bonds. The van der Waals surface area contributed by atoms with Crippen molar-refractivity contribution in [3.63, 3.8) is 0 Å². The largest absolute Gasteiger partial charge is 0.450 e. The van der Waals surface area contributed by atoms with Crippen LogP contribution in [0.3, 0.4) is 0 Å². The minimum atomic E-state index is -0.788. The monoisotopic (exact) mass is 348 g/mol. The van der Waals surface area contributed by atoms with Crippen LogP contribution in [-0.4, -0.2) is 42.0 Å². The van der Waals surface area contributed by atoms with Gasteiger partial charge in [0.05, 0.1) is 5.57 Å². The number of amides is 1. The highest BCUT2D eigenvalue weighted by Gasteiger charge is 2.50. The second-order valence-electron chi connectivity index (χ2n) is 6.28. The number of halogens is 1. The van der Waals surface area contributed by atoms with Crippen molar-refractivity contribution in [3.05, 3.63) is 40.4 Å². The lowest BCUT2D eigenvalue weighted by atomic mass is 9.82. The first-order valence-corrected chi connectivity index (χ1v) is 8.57. The Labute approximate surface area is 146 Å². The first-order chi connectivity index (χ1) is 11.4. The summed E-state index contributed by atoms with van der Waals surface area (Å²) in [5.74, 6) is -0.660. The van der Waals surface area contributed by atoms with Crippen LogP contribution < -0.4 is 5.32 Å². The predicted octanol–water partition coefficient (Wildman–Crippen LogP) is 3.01. The van der Waals surface area contributed by atoms with E-state index < -0.39 is 5.60 Å². The summed E-state index contributed by atoms with van der Waals surface area (Å²) >= 11 is 5.87. The molecule has 2 aliphatic rings. The van der Waals surface area contributed by atoms with Crippen LogP contribution in [0.25, 0.3) is 0 Å². The van der Waals surface area contributed by atoms with Crippen molar-refractivity contribution in [2.45, 2.75) is 32.3 Å². The average molecular weight is 349 g/mol. The Morgan fingerprint density at radius 2 is 1.92 bits per heavy atom. The Morgan fingerprint density at radius 3 is 2.50 bits per heavy atom. The number of esters is 1. The van der Waals surface area contributed by atoms with Crippen molar-refractivity contribution in [3.8, 4) is 0 Å². The second kappa shape index (κ2) is 6.57. The topological polar surface area (TPSA) is 58.6 Å². The van der Waals surface area contributed by atoms with E-state index in [1.807, 2.05) is 0 Å². The molecular formula is C18H21ClN2O3. The van der Waals surface area contributed by atoms with Crippen molar-refractivity contribution < 1.29 is 14.3 Å². The molecule has 0 radical (unpaired) electrons. The van der Waals surface area contributed by atoms with Gasteiger partial charge in [-0.1, -0.05) is 18.5 Å². The summed E-state index contributed by atoms with van der Waals surface area (Å²) in [6.07, 6.45) is 1.29. The average Bonchev–Trinajstić information content (AvgIpc) is 2.81. The fraction of sp³-hybridized carbons (Fsp3) is 0.444. The van der Waals surface area contributed by atoms with Crippen LogP contribution >= 0.6 is 11.6 Å². The Kier molecular flexibility index (Phi) is 4.65. The van der Waals surface area contributed by atoms with E-state index in [1.54, 1.807) is 31.2 Å². The molecule has 0 aromatic heterocycles. The first-order valence-electron chi connectivity index (χ1n) is 8.19. The van der Waals surface area contributed by atoms with Crippen molar-refractivity contribution >= 4 is 29.2 Å². The minimum absolute atomic E-state index is 0.273. The van der Waals surface area contributed by atoms with E-state index in [-0.39, 0.29) is 11.9 Å². The molecule has 0 aliphatic carbocycles. The number of hydrogen-bond donors (Lipinski definition) is 1. The van der Waals surface area contributed by atoms with Crippen LogP contribution in [0.4, 0.5) is 5.69 Å². The molecule has 1 N–H and O–H groups in total. The van der Waals surface area contributed by atoms with Gasteiger partial charge in [0.15, 0.2) is 0 Å². The van der Waals surface area contributed by atoms with Gasteiger partial charge in [-0.05, 0) is 37.7 Å². The molecular weight excluding hydrogens is 328 g/mol. The van der Waals surface area contributed by atoms with Gasteiger partial charge in [-0.3, -0.25) is 4.79 Å². The van der Waals surface area contributed by atoms with Gasteiger partial charge in [0.1, 0.15) is 5.60 Å². The highest BCUT2D eigenvalue weighted by atomic mass is 35.5. The molecule has 1 fully saturated rings. The number of likely N-dealkylation sites (tertiary alicyclic amines) is 1. The number of nitrogens with one attached hydrogen (secondary N) is 1. The third-order valence-corrected chi connectivity index (χ3v) is 5.12. The fourth-order valence-electron chi connectivity index (χ4n) is 3.44. The molecule has 2 aliphatic heterocycles. The molecule has 1 aromatic carbocycles. The van der Waals surface area contributed by atoms with Crippen molar-refractivity contribution in [2.75, 3.05) is 25.0 Å². The second-order valence-corrected chi connectivity index (χ2v) is 6.72. The van der Waals surface area contributed by atoms with Gasteiger partial charge in [0, 0.05) is 42.2 Å². The number of rotatable bonds is 3. The molecule has 5 nitrogen and oxygen atoms in total. The van der Waals surface area contributed by atoms with Gasteiger partial charge >= 0.3 is 5.97 Å². The van der Waals surface area contributed by atoms with Gasteiger partial charge in [-0.2, -0.15) is 0 Å². The van der Waals surface area contributed by atoms with E-state index in [1.165, 1.54) is 0 Å². The summed E-state index contributed by atoms with van der Waals surface area (Å²) in [6.45, 7) is 6.36. The predicted molar refractivity (Wildman–Crippen MR) is 93.0 cm³/mol. The van der Waals surface area contributed by atoms with Crippen molar-refractivity contribution in [1.82, 2.24) is 4.90 Å². The van der Waals surface area contributed by atoms with Crippen LogP contribution in [0.1, 0.15) is 26.7 Å². The highest BCUT2D eigenvalue weighted by Crippen LogP contribution is 2.41. The summed E-state index contributed by atoms with van der Waals surface area (Å²) < 4.78 is 5.66. The number of carbonyl (C=O) groups excluding carboxylic acids is 2. The number of hydrogen-bond acceptors (Lipinski definition) is 4. The van der Waals surface area contributed by atoms with E-state index in [0.717, 1.165) is 19.6 Å². The Balaban J connectivity index is 1.84. The van der Waals surface area contributed by atoms with Crippen LogP contribution in [0, 0.1) is 0 Å². The zero-order chi connectivity index (χ0) is 17.3. The molecule has 1 aromatic rings. The molecule has 0 unspecified atom stereocenters. The van der Waals surface area contributed by atoms with Crippen LogP contribution in [-0.2, 0) is 14.3 Å². The molecule has 3 rings (SSSR count). The first kappa shape index (κ1) is 17.0. The Morgan fingerprint density at radius 1 is 1.29 bits per heavy atom. The lowest BCUT2D eigenvalue weighted by molar-refractivity contribution is -0.150. The number of carbonyl (C=O) groups is 2. The third kappa shape index (κ3) is 3.06. The molecule has 0 atom stereocenters. The SMILES string of the molecule is CCN1CCC2(CC1)OC(=O)C(C)=C2C(=O)Nc1ccc(Cl)cc1. The lowest BCUT2D eigenvalue weighted by Crippen LogP contribution is -2.47. The summed E-state index contributed by atoms with van der Waals surface area (Å²) in [4.78, 5) is 27.2. The maximum atomic E-state index is 12.8. The molecule has 128 valence electrons. The van der Waals surface area contributed by atoms with Crippen molar-refractivity contribution in [1.29, 1.82) is 0 Å². The maximum absolute atomic E-state index is 12.8. The van der Waals surface area contributed by atoms with E-state index in [4.69, 9.17) is 16.3 Å². The quantitative estimate of drug-likeness (QED) is 0.853. The number of anilines is 1. The highest BCUT2D eigenvalue weighted by molar-refractivity contribution is 6.30. The Bertz CT molecular complexity index is 689. The van der Waals surface area contributed by atoms with Gasteiger partial charge in [-0.25, -0.2) is 4.79 Å².